The fourth-order valence-corrected chi connectivity index (χ4v) is 2.27. The van der Waals surface area contributed by atoms with Crippen molar-refractivity contribution in [3.63, 3.8) is 0 Å². The highest BCUT2D eigenvalue weighted by Gasteiger charge is 2.24. The standard InChI is InChI=1S/C18H28N2O3/c1-5-13-9-10-14(6-2)15(11-13)20-17(22)16(21)19-12-18(23,7-3)8-4/h9-11,23H,5-8,12H2,1-4H3,(H,19,21)(H,20,22). The van der Waals surface area contributed by atoms with E-state index in [1.165, 1.54) is 0 Å². The first-order valence-electron chi connectivity index (χ1n) is 8.32. The molecule has 0 heterocycles. The van der Waals surface area contributed by atoms with Crippen LogP contribution in [0.2, 0.25) is 0 Å². The van der Waals surface area contributed by atoms with Gasteiger partial charge in [-0.2, -0.15) is 0 Å². The first-order valence-corrected chi connectivity index (χ1v) is 8.32. The summed E-state index contributed by atoms with van der Waals surface area (Å²) < 4.78 is 0. The zero-order valence-electron chi connectivity index (χ0n) is 14.5. The third kappa shape index (κ3) is 5.36. The molecule has 0 spiro atoms. The molecule has 5 heteroatoms. The summed E-state index contributed by atoms with van der Waals surface area (Å²) in [5, 5.41) is 15.3. The molecule has 0 saturated heterocycles. The molecule has 2 amide bonds. The Labute approximate surface area is 138 Å². The Kier molecular flexibility index (Phi) is 7.23. The fourth-order valence-electron chi connectivity index (χ4n) is 2.27. The van der Waals surface area contributed by atoms with E-state index in [0.29, 0.717) is 18.5 Å². The Morgan fingerprint density at radius 1 is 1.04 bits per heavy atom. The van der Waals surface area contributed by atoms with Gasteiger partial charge >= 0.3 is 11.8 Å². The van der Waals surface area contributed by atoms with Crippen molar-refractivity contribution in [2.45, 2.75) is 59.0 Å². The highest BCUT2D eigenvalue weighted by Crippen LogP contribution is 2.19. The van der Waals surface area contributed by atoms with E-state index >= 15 is 0 Å². The second kappa shape index (κ2) is 8.67. The van der Waals surface area contributed by atoms with Crippen LogP contribution in [0.3, 0.4) is 0 Å². The average Bonchev–Trinajstić information content (AvgIpc) is 2.59. The number of aryl methyl sites for hydroxylation is 2. The maximum atomic E-state index is 12.1. The van der Waals surface area contributed by atoms with Crippen LogP contribution >= 0.6 is 0 Å². The van der Waals surface area contributed by atoms with Gasteiger partial charge in [0, 0.05) is 12.2 Å². The number of hydrogen-bond donors (Lipinski definition) is 3. The Morgan fingerprint density at radius 2 is 1.70 bits per heavy atom. The Morgan fingerprint density at radius 3 is 2.22 bits per heavy atom. The lowest BCUT2D eigenvalue weighted by atomic mass is 9.98. The molecule has 0 bridgehead atoms. The van der Waals surface area contributed by atoms with Gasteiger partial charge in [0.2, 0.25) is 0 Å². The van der Waals surface area contributed by atoms with Crippen LogP contribution in [0.1, 0.15) is 51.7 Å². The lowest BCUT2D eigenvalue weighted by molar-refractivity contribution is -0.136. The summed E-state index contributed by atoms with van der Waals surface area (Å²) in [6, 6.07) is 5.90. The zero-order valence-corrected chi connectivity index (χ0v) is 14.5. The molecule has 1 aromatic carbocycles. The number of aliphatic hydroxyl groups is 1. The molecule has 5 nitrogen and oxygen atoms in total. The van der Waals surface area contributed by atoms with Gasteiger partial charge in [-0.1, -0.05) is 39.8 Å². The number of carbonyl (C=O) groups is 2. The molecule has 0 unspecified atom stereocenters. The molecule has 0 fully saturated rings. The summed E-state index contributed by atoms with van der Waals surface area (Å²) in [5.74, 6) is -1.43. The van der Waals surface area contributed by atoms with Gasteiger partial charge in [0.1, 0.15) is 0 Å². The Balaban J connectivity index is 2.74. The van der Waals surface area contributed by atoms with Crippen LogP contribution in [-0.2, 0) is 22.4 Å². The Bertz CT molecular complexity index is 551. The largest absolute Gasteiger partial charge is 0.388 e. The number of hydrogen-bond acceptors (Lipinski definition) is 3. The number of benzene rings is 1. The minimum Gasteiger partial charge on any atom is -0.388 e. The normalized spacial score (nSPS) is 11.2. The molecule has 1 rings (SSSR count). The third-order valence-corrected chi connectivity index (χ3v) is 4.31. The van der Waals surface area contributed by atoms with Crippen LogP contribution < -0.4 is 10.6 Å². The first kappa shape index (κ1) is 19.2. The highest BCUT2D eigenvalue weighted by molar-refractivity contribution is 6.39. The smallest absolute Gasteiger partial charge is 0.313 e. The molecule has 1 aromatic rings. The molecule has 0 atom stereocenters. The fraction of sp³-hybridized carbons (Fsp3) is 0.556. The van der Waals surface area contributed by atoms with Crippen LogP contribution in [0.15, 0.2) is 18.2 Å². The monoisotopic (exact) mass is 320 g/mol. The number of amides is 2. The van der Waals surface area contributed by atoms with Crippen molar-refractivity contribution in [1.82, 2.24) is 5.32 Å². The van der Waals surface area contributed by atoms with Crippen molar-refractivity contribution < 1.29 is 14.7 Å². The number of carbonyl (C=O) groups excluding carboxylic acids is 2. The van der Waals surface area contributed by atoms with Gasteiger partial charge in [-0.3, -0.25) is 9.59 Å². The molecule has 3 N–H and O–H groups in total. The maximum Gasteiger partial charge on any atom is 0.313 e. The third-order valence-electron chi connectivity index (χ3n) is 4.31. The summed E-state index contributed by atoms with van der Waals surface area (Å²) in [5.41, 5.74) is 1.80. The molecule has 0 aliphatic carbocycles. The van der Waals surface area contributed by atoms with E-state index in [2.05, 4.69) is 10.6 Å². The summed E-state index contributed by atoms with van der Waals surface area (Å²) >= 11 is 0. The van der Waals surface area contributed by atoms with Crippen molar-refractivity contribution in [2.24, 2.45) is 0 Å². The van der Waals surface area contributed by atoms with Crippen molar-refractivity contribution in [2.75, 3.05) is 11.9 Å². The van der Waals surface area contributed by atoms with Crippen LogP contribution in [0.5, 0.6) is 0 Å². The van der Waals surface area contributed by atoms with Gasteiger partial charge in [-0.25, -0.2) is 0 Å². The van der Waals surface area contributed by atoms with Gasteiger partial charge in [-0.15, -0.1) is 0 Å². The quantitative estimate of drug-likeness (QED) is 0.675. The van der Waals surface area contributed by atoms with Gasteiger partial charge in [0.05, 0.1) is 5.60 Å². The molecule has 128 valence electrons. The van der Waals surface area contributed by atoms with Gasteiger partial charge in [0.25, 0.3) is 0 Å². The summed E-state index contributed by atoms with van der Waals surface area (Å²) in [6.07, 6.45) is 2.67. The predicted octanol–water partition coefficient (Wildman–Crippen LogP) is 2.42. The van der Waals surface area contributed by atoms with Crippen LogP contribution in [0.4, 0.5) is 5.69 Å². The molecule has 0 radical (unpaired) electrons. The first-order chi connectivity index (χ1) is 10.9. The van der Waals surface area contributed by atoms with E-state index in [0.717, 1.165) is 24.0 Å². The summed E-state index contributed by atoms with van der Waals surface area (Å²) in [7, 11) is 0. The van der Waals surface area contributed by atoms with E-state index in [1.807, 2.05) is 45.9 Å². The van der Waals surface area contributed by atoms with Crippen LogP contribution in [-0.4, -0.2) is 29.1 Å². The predicted molar refractivity (Wildman–Crippen MR) is 92.4 cm³/mol. The van der Waals surface area contributed by atoms with Gasteiger partial charge in [0.15, 0.2) is 0 Å². The number of anilines is 1. The van der Waals surface area contributed by atoms with Crippen molar-refractivity contribution in [1.29, 1.82) is 0 Å². The van der Waals surface area contributed by atoms with E-state index in [9.17, 15) is 14.7 Å². The molecule has 23 heavy (non-hydrogen) atoms. The second-order valence-electron chi connectivity index (χ2n) is 5.77. The molecule has 0 aliphatic rings. The molecule has 0 aromatic heterocycles. The molecular weight excluding hydrogens is 292 g/mol. The number of nitrogens with one attached hydrogen (secondary N) is 2. The van der Waals surface area contributed by atoms with E-state index < -0.39 is 17.4 Å². The SMILES string of the molecule is CCc1ccc(CC)c(NC(=O)C(=O)NCC(O)(CC)CC)c1. The minimum atomic E-state index is -0.966. The zero-order chi connectivity index (χ0) is 17.5. The van der Waals surface area contributed by atoms with Crippen molar-refractivity contribution >= 4 is 17.5 Å². The van der Waals surface area contributed by atoms with Gasteiger partial charge < -0.3 is 15.7 Å². The minimum absolute atomic E-state index is 0.0713. The molecule has 0 aliphatic heterocycles. The lowest BCUT2D eigenvalue weighted by Gasteiger charge is -2.25. The lowest BCUT2D eigenvalue weighted by Crippen LogP contribution is -2.45. The van der Waals surface area contributed by atoms with Crippen molar-refractivity contribution in [3.05, 3.63) is 29.3 Å². The topological polar surface area (TPSA) is 78.4 Å². The van der Waals surface area contributed by atoms with E-state index in [4.69, 9.17) is 0 Å². The maximum absolute atomic E-state index is 12.1. The molecular formula is C18H28N2O3. The average molecular weight is 320 g/mol. The van der Waals surface area contributed by atoms with E-state index in [-0.39, 0.29) is 6.54 Å². The van der Waals surface area contributed by atoms with Crippen LogP contribution in [0.25, 0.3) is 0 Å². The number of rotatable bonds is 7. The highest BCUT2D eigenvalue weighted by atomic mass is 16.3. The second-order valence-corrected chi connectivity index (χ2v) is 5.77. The van der Waals surface area contributed by atoms with Crippen LogP contribution in [0, 0.1) is 0 Å². The van der Waals surface area contributed by atoms with Crippen molar-refractivity contribution in [3.8, 4) is 0 Å². The summed E-state index contributed by atoms with van der Waals surface area (Å²) in [4.78, 5) is 24.0. The van der Waals surface area contributed by atoms with E-state index in [1.54, 1.807) is 0 Å². The summed E-state index contributed by atoms with van der Waals surface area (Å²) in [6.45, 7) is 7.80. The Hall–Kier alpha value is -1.88. The molecule has 0 saturated carbocycles. The van der Waals surface area contributed by atoms with Gasteiger partial charge in [-0.05, 0) is 42.9 Å².